The summed E-state index contributed by atoms with van der Waals surface area (Å²) >= 11 is 6.94. The zero-order valence-corrected chi connectivity index (χ0v) is 15.2. The molecule has 126 valence electrons. The van der Waals surface area contributed by atoms with E-state index in [4.69, 9.17) is 17.0 Å². The number of thioether (sulfide) groups is 1. The van der Waals surface area contributed by atoms with Gasteiger partial charge in [-0.05, 0) is 24.0 Å². The third-order valence-corrected chi connectivity index (χ3v) is 4.95. The molecule has 7 heteroatoms. The predicted molar refractivity (Wildman–Crippen MR) is 95.5 cm³/mol. The number of benzene rings is 1. The lowest BCUT2D eigenvalue weighted by atomic mass is 10.2. The van der Waals surface area contributed by atoms with Crippen LogP contribution >= 0.6 is 24.0 Å². The van der Waals surface area contributed by atoms with Gasteiger partial charge in [0.1, 0.15) is 6.61 Å². The number of hydrogen-bond acceptors (Lipinski definition) is 5. The van der Waals surface area contributed by atoms with Gasteiger partial charge in [0.15, 0.2) is 11.0 Å². The van der Waals surface area contributed by atoms with Gasteiger partial charge in [0.2, 0.25) is 0 Å². The second-order valence-corrected chi connectivity index (χ2v) is 6.72. The van der Waals surface area contributed by atoms with Gasteiger partial charge in [-0.15, -0.1) is 0 Å². The third kappa shape index (κ3) is 5.02. The highest BCUT2D eigenvalue weighted by molar-refractivity contribution is 7.98. The summed E-state index contributed by atoms with van der Waals surface area (Å²) in [6.07, 6.45) is 1.77. The molecule has 0 bridgehead atoms. The Morgan fingerprint density at radius 3 is 2.48 bits per heavy atom. The van der Waals surface area contributed by atoms with E-state index in [1.54, 1.807) is 11.8 Å². The van der Waals surface area contributed by atoms with Crippen LogP contribution < -0.4 is 0 Å². The second kappa shape index (κ2) is 9.00. The minimum absolute atomic E-state index is 0.0883. The Balaban J connectivity index is 2.92. The maximum atomic E-state index is 12.6. The van der Waals surface area contributed by atoms with Crippen LogP contribution in [-0.2, 0) is 16.1 Å². The van der Waals surface area contributed by atoms with Gasteiger partial charge in [-0.3, -0.25) is 0 Å². The standard InChI is InChI=1S/C16H21NO4S2/c1-12(15(18)19)17(2,14(22)9-10-23-3)16(20)21-11-13-7-5-4-6-8-13/h4-8,12H,9-11H2,1-3H3/p+1/t12-,17?/m0/s1. The number of amides is 1. The fraction of sp³-hybridized carbons (Fsp3) is 0.438. The number of carbonyl (C=O) groups excluding carboxylic acids is 1. The van der Waals surface area contributed by atoms with E-state index in [9.17, 15) is 14.7 Å². The molecule has 1 rings (SSSR count). The molecule has 1 aromatic rings. The van der Waals surface area contributed by atoms with Crippen molar-refractivity contribution in [3.63, 3.8) is 0 Å². The van der Waals surface area contributed by atoms with Crippen LogP contribution in [0.1, 0.15) is 18.9 Å². The SMILES string of the molecule is CSCCC(=S)[N+](C)(C(=O)OCc1ccccc1)[C@@H](C)C(=O)O. The van der Waals surface area contributed by atoms with Crippen LogP contribution in [0.3, 0.4) is 0 Å². The molecule has 1 N–H and O–H groups in total. The molecule has 0 aromatic heterocycles. The Morgan fingerprint density at radius 1 is 1.35 bits per heavy atom. The molecule has 0 radical (unpaired) electrons. The van der Waals surface area contributed by atoms with Crippen molar-refractivity contribution in [3.05, 3.63) is 35.9 Å². The van der Waals surface area contributed by atoms with Gasteiger partial charge in [-0.1, -0.05) is 30.3 Å². The Kier molecular flexibility index (Phi) is 7.67. The number of quaternary nitrogens is 1. The molecule has 0 saturated heterocycles. The molecule has 0 aliphatic heterocycles. The first-order valence-corrected chi connectivity index (χ1v) is 8.96. The van der Waals surface area contributed by atoms with Crippen molar-refractivity contribution in [1.29, 1.82) is 0 Å². The molecular weight excluding hydrogens is 334 g/mol. The highest BCUT2D eigenvalue weighted by Crippen LogP contribution is 2.20. The Hall–Kier alpha value is -1.44. The minimum atomic E-state index is -1.09. The van der Waals surface area contributed by atoms with E-state index < -0.39 is 22.6 Å². The van der Waals surface area contributed by atoms with E-state index in [2.05, 4.69) is 0 Å². The summed E-state index contributed by atoms with van der Waals surface area (Å²) < 4.78 is 4.81. The average molecular weight is 356 g/mol. The van der Waals surface area contributed by atoms with E-state index in [-0.39, 0.29) is 6.61 Å². The van der Waals surface area contributed by atoms with E-state index in [1.807, 2.05) is 36.6 Å². The van der Waals surface area contributed by atoms with Crippen LogP contribution in [0.2, 0.25) is 0 Å². The van der Waals surface area contributed by atoms with Gasteiger partial charge in [-0.2, -0.15) is 21.0 Å². The number of carbonyl (C=O) groups is 2. The Labute approximate surface area is 146 Å². The lowest BCUT2D eigenvalue weighted by Gasteiger charge is -2.33. The Morgan fingerprint density at radius 2 is 1.96 bits per heavy atom. The van der Waals surface area contributed by atoms with Crippen LogP contribution in [0, 0.1) is 0 Å². The summed E-state index contributed by atoms with van der Waals surface area (Å²) in [5.74, 6) is -0.360. The fourth-order valence-corrected chi connectivity index (χ4v) is 2.83. The highest BCUT2D eigenvalue weighted by Gasteiger charge is 2.47. The van der Waals surface area contributed by atoms with E-state index in [0.717, 1.165) is 11.3 Å². The zero-order valence-electron chi connectivity index (χ0n) is 13.5. The first kappa shape index (κ1) is 19.6. The quantitative estimate of drug-likeness (QED) is 0.597. The number of carboxylic acid groups (broad SMARTS) is 1. The van der Waals surface area contributed by atoms with Gasteiger partial charge in [0.25, 0.3) is 0 Å². The average Bonchev–Trinajstić information content (AvgIpc) is 2.56. The van der Waals surface area contributed by atoms with Crippen LogP contribution in [0.5, 0.6) is 0 Å². The van der Waals surface area contributed by atoms with Crippen LogP contribution in [0.4, 0.5) is 4.79 Å². The first-order valence-electron chi connectivity index (χ1n) is 7.16. The lowest BCUT2D eigenvalue weighted by Crippen LogP contribution is -2.61. The van der Waals surface area contributed by atoms with E-state index >= 15 is 0 Å². The molecule has 1 amide bonds. The predicted octanol–water partition coefficient (Wildman–Crippen LogP) is 3.32. The summed E-state index contributed by atoms with van der Waals surface area (Å²) in [5.41, 5.74) is 0.838. The summed E-state index contributed by atoms with van der Waals surface area (Å²) in [5, 5.41) is 9.34. The van der Waals surface area contributed by atoms with E-state index in [1.165, 1.54) is 14.0 Å². The normalized spacial score (nSPS) is 14.6. The number of likely N-dealkylation sites (N-methyl/N-ethyl adjacent to an activating group) is 1. The number of thiocarbonyl (C=S) groups is 1. The van der Waals surface area contributed by atoms with Gasteiger partial charge < -0.3 is 9.84 Å². The van der Waals surface area contributed by atoms with Crippen molar-refractivity contribution in [2.45, 2.75) is 26.0 Å². The van der Waals surface area contributed by atoms with Gasteiger partial charge in [-0.25, -0.2) is 4.79 Å². The van der Waals surface area contributed by atoms with Crippen molar-refractivity contribution in [1.82, 2.24) is 0 Å². The maximum Gasteiger partial charge on any atom is 0.522 e. The molecule has 23 heavy (non-hydrogen) atoms. The molecule has 0 aliphatic carbocycles. The molecule has 0 spiro atoms. The topological polar surface area (TPSA) is 63.6 Å². The number of nitrogens with zero attached hydrogens (tertiary/aromatic N) is 1. The van der Waals surface area contributed by atoms with Crippen LogP contribution in [0.15, 0.2) is 30.3 Å². The molecule has 0 aliphatic rings. The summed E-state index contributed by atoms with van der Waals surface area (Å²) in [4.78, 5) is 24.4. The van der Waals surface area contributed by atoms with Crippen molar-refractivity contribution in [2.24, 2.45) is 0 Å². The highest BCUT2D eigenvalue weighted by atomic mass is 32.2. The minimum Gasteiger partial charge on any atom is -0.477 e. The monoisotopic (exact) mass is 356 g/mol. The summed E-state index contributed by atoms with van der Waals surface area (Å²) in [6, 6.07) is 8.23. The van der Waals surface area contributed by atoms with E-state index in [0.29, 0.717) is 11.4 Å². The molecule has 0 fully saturated rings. The first-order chi connectivity index (χ1) is 10.8. The molecule has 2 atom stereocenters. The smallest absolute Gasteiger partial charge is 0.477 e. The number of ether oxygens (including phenoxy) is 1. The lowest BCUT2D eigenvalue weighted by molar-refractivity contribution is -0.761. The Bertz CT molecular complexity index is 564. The number of hydrogen-bond donors (Lipinski definition) is 1. The van der Waals surface area contributed by atoms with Crippen molar-refractivity contribution in [2.75, 3.05) is 19.1 Å². The molecule has 0 heterocycles. The molecule has 1 aromatic carbocycles. The second-order valence-electron chi connectivity index (χ2n) is 5.27. The molecule has 0 saturated carbocycles. The van der Waals surface area contributed by atoms with Crippen LogP contribution in [0.25, 0.3) is 0 Å². The summed E-state index contributed by atoms with van der Waals surface area (Å²) in [7, 11) is 1.51. The fourth-order valence-electron chi connectivity index (χ4n) is 1.97. The van der Waals surface area contributed by atoms with Crippen molar-refractivity contribution < 1.29 is 23.9 Å². The maximum absolute atomic E-state index is 12.6. The number of rotatable bonds is 7. The van der Waals surface area contributed by atoms with Gasteiger partial charge >= 0.3 is 12.1 Å². The number of aliphatic carboxylic acids is 1. The zero-order chi connectivity index (χ0) is 17.5. The molecule has 5 nitrogen and oxygen atoms in total. The van der Waals surface area contributed by atoms with Gasteiger partial charge in [0.05, 0.1) is 7.05 Å². The number of carboxylic acids is 1. The largest absolute Gasteiger partial charge is 0.522 e. The molecular formula is C16H22NO4S2+. The van der Waals surface area contributed by atoms with Crippen LogP contribution in [-0.4, -0.2) is 51.7 Å². The van der Waals surface area contributed by atoms with Crippen molar-refractivity contribution >= 4 is 41.0 Å². The molecule has 1 unspecified atom stereocenters. The summed E-state index contributed by atoms with van der Waals surface area (Å²) in [6.45, 7) is 1.56. The van der Waals surface area contributed by atoms with Crippen molar-refractivity contribution in [3.8, 4) is 0 Å². The third-order valence-electron chi connectivity index (χ3n) is 3.75. The van der Waals surface area contributed by atoms with Gasteiger partial charge in [0, 0.05) is 19.1 Å².